The van der Waals surface area contributed by atoms with Crippen LogP contribution in [0.25, 0.3) is 11.3 Å². The van der Waals surface area contributed by atoms with Gasteiger partial charge in [0.1, 0.15) is 17.2 Å². The van der Waals surface area contributed by atoms with Crippen molar-refractivity contribution in [1.29, 1.82) is 0 Å². The lowest BCUT2D eigenvalue weighted by Gasteiger charge is -2.15. The minimum atomic E-state index is -0.136. The summed E-state index contributed by atoms with van der Waals surface area (Å²) in [5.41, 5.74) is 2.19. The first kappa shape index (κ1) is 16.3. The van der Waals surface area contributed by atoms with Gasteiger partial charge in [-0.1, -0.05) is 17.7 Å². The molecule has 1 aromatic carbocycles. The number of amides is 1. The van der Waals surface area contributed by atoms with Gasteiger partial charge >= 0.3 is 0 Å². The van der Waals surface area contributed by atoms with E-state index in [4.69, 9.17) is 16.0 Å². The summed E-state index contributed by atoms with van der Waals surface area (Å²) in [6.07, 6.45) is 0. The fraction of sp³-hybridized carbons (Fsp3) is 0.158. The normalized spacial score (nSPS) is 10.6. The van der Waals surface area contributed by atoms with Gasteiger partial charge in [-0.15, -0.1) is 0 Å². The maximum Gasteiger partial charge on any atom is 0.272 e. The zero-order valence-electron chi connectivity index (χ0n) is 13.5. The van der Waals surface area contributed by atoms with Crippen LogP contribution in [0, 0.1) is 6.92 Å². The Morgan fingerprint density at radius 3 is 2.58 bits per heavy atom. The number of benzene rings is 1. The first-order valence-electron chi connectivity index (χ1n) is 7.57. The van der Waals surface area contributed by atoms with E-state index in [9.17, 15) is 4.79 Å². The molecule has 0 aliphatic rings. The van der Waals surface area contributed by atoms with E-state index >= 15 is 0 Å². The molecule has 3 rings (SSSR count). The van der Waals surface area contributed by atoms with Gasteiger partial charge < -0.3 is 9.32 Å². The summed E-state index contributed by atoms with van der Waals surface area (Å²) in [4.78, 5) is 18.3. The van der Waals surface area contributed by atoms with Crippen LogP contribution in [0.4, 0.5) is 0 Å². The highest BCUT2D eigenvalue weighted by Crippen LogP contribution is 2.24. The number of aryl methyl sites for hydroxylation is 1. The molecule has 24 heavy (non-hydrogen) atoms. The van der Waals surface area contributed by atoms with Crippen molar-refractivity contribution in [2.75, 3.05) is 7.05 Å². The molecular weight excluding hydrogens is 324 g/mol. The number of furan rings is 1. The Hall–Kier alpha value is -2.59. The molecule has 122 valence electrons. The lowest BCUT2D eigenvalue weighted by molar-refractivity contribution is 0.0769. The molecule has 0 radical (unpaired) electrons. The summed E-state index contributed by atoms with van der Waals surface area (Å²) in [7, 11) is 1.73. The van der Waals surface area contributed by atoms with Crippen LogP contribution in [0.1, 0.15) is 21.9 Å². The van der Waals surface area contributed by atoms with Crippen LogP contribution in [0.15, 0.2) is 59.0 Å². The molecule has 0 atom stereocenters. The smallest absolute Gasteiger partial charge is 0.272 e. The van der Waals surface area contributed by atoms with Crippen molar-refractivity contribution >= 4 is 17.5 Å². The Morgan fingerprint density at radius 2 is 1.88 bits per heavy atom. The molecule has 0 spiro atoms. The van der Waals surface area contributed by atoms with E-state index in [1.807, 2.05) is 55.5 Å². The van der Waals surface area contributed by atoms with Crippen molar-refractivity contribution in [1.82, 2.24) is 9.88 Å². The van der Waals surface area contributed by atoms with Crippen molar-refractivity contribution in [2.24, 2.45) is 0 Å². The van der Waals surface area contributed by atoms with E-state index in [0.29, 0.717) is 23.0 Å². The molecule has 0 aliphatic heterocycles. The van der Waals surface area contributed by atoms with Gasteiger partial charge in [-0.25, -0.2) is 4.98 Å². The number of hydrogen-bond donors (Lipinski definition) is 0. The molecule has 0 fully saturated rings. The Bertz CT molecular complexity index is 856. The molecule has 0 unspecified atom stereocenters. The standard InChI is InChI=1S/C19H17ClN2O2/c1-13-4-3-5-17(21-13)19(23)22(2)12-16-10-11-18(24-16)14-6-8-15(20)9-7-14/h3-11H,12H2,1-2H3. The van der Waals surface area contributed by atoms with Crippen molar-refractivity contribution in [3.8, 4) is 11.3 Å². The summed E-state index contributed by atoms with van der Waals surface area (Å²) >= 11 is 5.90. The zero-order chi connectivity index (χ0) is 17.1. The second-order valence-electron chi connectivity index (χ2n) is 5.60. The van der Waals surface area contributed by atoms with E-state index in [1.165, 1.54) is 0 Å². The number of hydrogen-bond acceptors (Lipinski definition) is 3. The Labute approximate surface area is 145 Å². The van der Waals surface area contributed by atoms with Gasteiger partial charge in [-0.3, -0.25) is 4.79 Å². The van der Waals surface area contributed by atoms with Crippen molar-refractivity contribution in [2.45, 2.75) is 13.5 Å². The molecule has 2 aromatic heterocycles. The number of carbonyl (C=O) groups is 1. The van der Waals surface area contributed by atoms with Gasteiger partial charge in [0.15, 0.2) is 0 Å². The molecule has 2 heterocycles. The minimum absolute atomic E-state index is 0.136. The molecule has 0 saturated carbocycles. The molecule has 0 saturated heterocycles. The summed E-state index contributed by atoms with van der Waals surface area (Å²) in [5.74, 6) is 1.32. The molecule has 0 bridgehead atoms. The summed E-state index contributed by atoms with van der Waals surface area (Å²) in [6.45, 7) is 2.24. The fourth-order valence-corrected chi connectivity index (χ4v) is 2.52. The van der Waals surface area contributed by atoms with Gasteiger partial charge in [-0.05, 0) is 55.5 Å². The summed E-state index contributed by atoms with van der Waals surface area (Å²) in [6, 6.07) is 16.6. The zero-order valence-corrected chi connectivity index (χ0v) is 14.2. The molecule has 0 N–H and O–H groups in total. The first-order valence-corrected chi connectivity index (χ1v) is 7.94. The van der Waals surface area contributed by atoms with Crippen LogP contribution in [-0.4, -0.2) is 22.8 Å². The average Bonchev–Trinajstić information content (AvgIpc) is 3.03. The minimum Gasteiger partial charge on any atom is -0.459 e. The molecule has 0 aliphatic carbocycles. The predicted octanol–water partition coefficient (Wildman–Crippen LogP) is 4.58. The van der Waals surface area contributed by atoms with Crippen molar-refractivity contribution < 1.29 is 9.21 Å². The highest BCUT2D eigenvalue weighted by atomic mass is 35.5. The second kappa shape index (κ2) is 6.89. The van der Waals surface area contributed by atoms with Crippen LogP contribution >= 0.6 is 11.6 Å². The number of carbonyl (C=O) groups excluding carboxylic acids is 1. The van der Waals surface area contributed by atoms with Crippen LogP contribution in [0.5, 0.6) is 0 Å². The average molecular weight is 341 g/mol. The van der Waals surface area contributed by atoms with E-state index in [0.717, 1.165) is 17.0 Å². The Balaban J connectivity index is 1.72. The van der Waals surface area contributed by atoms with E-state index in [1.54, 1.807) is 18.0 Å². The lowest BCUT2D eigenvalue weighted by Crippen LogP contribution is -2.26. The molecule has 3 aromatic rings. The highest BCUT2D eigenvalue weighted by molar-refractivity contribution is 6.30. The number of aromatic nitrogens is 1. The van der Waals surface area contributed by atoms with Gasteiger partial charge in [0.2, 0.25) is 0 Å². The van der Waals surface area contributed by atoms with Crippen LogP contribution < -0.4 is 0 Å². The van der Waals surface area contributed by atoms with E-state index in [2.05, 4.69) is 4.98 Å². The molecule has 5 heteroatoms. The predicted molar refractivity (Wildman–Crippen MR) is 93.9 cm³/mol. The quantitative estimate of drug-likeness (QED) is 0.698. The SMILES string of the molecule is Cc1cccc(C(=O)N(C)Cc2ccc(-c3ccc(Cl)cc3)o2)n1. The third-order valence-electron chi connectivity index (χ3n) is 3.64. The van der Waals surface area contributed by atoms with Crippen molar-refractivity contribution in [3.05, 3.63) is 76.8 Å². The monoisotopic (exact) mass is 340 g/mol. The van der Waals surface area contributed by atoms with Crippen LogP contribution in [0.2, 0.25) is 5.02 Å². The third kappa shape index (κ3) is 3.66. The Morgan fingerprint density at radius 1 is 1.12 bits per heavy atom. The van der Waals surface area contributed by atoms with Gasteiger partial charge in [-0.2, -0.15) is 0 Å². The van der Waals surface area contributed by atoms with Gasteiger partial charge in [0.25, 0.3) is 5.91 Å². The van der Waals surface area contributed by atoms with Crippen LogP contribution in [-0.2, 0) is 6.54 Å². The maximum atomic E-state index is 12.4. The number of pyridine rings is 1. The fourth-order valence-electron chi connectivity index (χ4n) is 2.40. The number of halogens is 1. The second-order valence-corrected chi connectivity index (χ2v) is 6.03. The topological polar surface area (TPSA) is 46.3 Å². The molecule has 4 nitrogen and oxygen atoms in total. The van der Waals surface area contributed by atoms with Gasteiger partial charge in [0.05, 0.1) is 6.54 Å². The lowest BCUT2D eigenvalue weighted by atomic mass is 10.2. The largest absolute Gasteiger partial charge is 0.459 e. The number of rotatable bonds is 4. The molecule has 1 amide bonds. The van der Waals surface area contributed by atoms with Crippen molar-refractivity contribution in [3.63, 3.8) is 0 Å². The maximum absolute atomic E-state index is 12.4. The van der Waals surface area contributed by atoms with Gasteiger partial charge in [0, 0.05) is 23.3 Å². The summed E-state index contributed by atoms with van der Waals surface area (Å²) < 4.78 is 5.83. The highest BCUT2D eigenvalue weighted by Gasteiger charge is 2.15. The van der Waals surface area contributed by atoms with E-state index < -0.39 is 0 Å². The number of nitrogens with zero attached hydrogens (tertiary/aromatic N) is 2. The Kier molecular flexibility index (Phi) is 4.67. The third-order valence-corrected chi connectivity index (χ3v) is 3.89. The molecular formula is C19H17ClN2O2. The van der Waals surface area contributed by atoms with E-state index in [-0.39, 0.29) is 5.91 Å². The van der Waals surface area contributed by atoms with Crippen LogP contribution in [0.3, 0.4) is 0 Å². The first-order chi connectivity index (χ1) is 11.5. The summed E-state index contributed by atoms with van der Waals surface area (Å²) in [5, 5.41) is 0.682.